The van der Waals surface area contributed by atoms with E-state index in [1.807, 2.05) is 24.3 Å². The molecule has 0 unspecified atom stereocenters. The van der Waals surface area contributed by atoms with Gasteiger partial charge in [0.25, 0.3) is 0 Å². The van der Waals surface area contributed by atoms with Crippen LogP contribution in [-0.4, -0.2) is 43.9 Å². The third kappa shape index (κ3) is 4.73. The van der Waals surface area contributed by atoms with E-state index in [-0.39, 0.29) is 12.6 Å². The zero-order chi connectivity index (χ0) is 18.2. The van der Waals surface area contributed by atoms with E-state index in [1.54, 1.807) is 18.3 Å². The molecule has 1 saturated heterocycles. The van der Waals surface area contributed by atoms with Gasteiger partial charge in [0.1, 0.15) is 23.7 Å². The van der Waals surface area contributed by atoms with Crippen molar-refractivity contribution in [2.45, 2.75) is 20.0 Å². The number of carbonyl (C=O) groups is 1. The van der Waals surface area contributed by atoms with Crippen LogP contribution in [0.25, 0.3) is 0 Å². The molecule has 0 saturated carbocycles. The molecule has 0 radical (unpaired) electrons. The van der Waals surface area contributed by atoms with Crippen molar-refractivity contribution < 1.29 is 19.0 Å². The quantitative estimate of drug-likeness (QED) is 0.711. The van der Waals surface area contributed by atoms with Gasteiger partial charge in [-0.3, -0.25) is 0 Å². The van der Waals surface area contributed by atoms with E-state index in [9.17, 15) is 4.79 Å². The zero-order valence-corrected chi connectivity index (χ0v) is 15.0. The first-order chi connectivity index (χ1) is 12.8. The fraction of sp³-hybridized carbons (Fsp3) is 0.400. The van der Waals surface area contributed by atoms with Crippen LogP contribution in [-0.2, 0) is 16.1 Å². The van der Waals surface area contributed by atoms with Gasteiger partial charge in [-0.25, -0.2) is 9.78 Å². The summed E-state index contributed by atoms with van der Waals surface area (Å²) in [5, 5.41) is 0. The summed E-state index contributed by atoms with van der Waals surface area (Å²) in [5.74, 6) is 1.11. The number of anilines is 1. The molecule has 0 spiro atoms. The number of ether oxygens (including phenoxy) is 3. The minimum Gasteiger partial charge on any atom is -0.494 e. The Kier molecular flexibility index (Phi) is 6.44. The highest BCUT2D eigenvalue weighted by molar-refractivity contribution is 5.94. The molecule has 1 aliphatic rings. The van der Waals surface area contributed by atoms with Gasteiger partial charge in [0.05, 0.1) is 19.8 Å². The predicted octanol–water partition coefficient (Wildman–Crippen LogP) is 3.06. The predicted molar refractivity (Wildman–Crippen MR) is 98.6 cm³/mol. The molecule has 1 aromatic carbocycles. The second-order valence-corrected chi connectivity index (χ2v) is 6.04. The Morgan fingerprint density at radius 1 is 1.19 bits per heavy atom. The van der Waals surface area contributed by atoms with E-state index >= 15 is 0 Å². The Hall–Kier alpha value is -2.60. The molecule has 2 aromatic rings. The smallest absolute Gasteiger partial charge is 0.342 e. The number of esters is 1. The molecule has 26 heavy (non-hydrogen) atoms. The summed E-state index contributed by atoms with van der Waals surface area (Å²) >= 11 is 0. The molecule has 0 aliphatic carbocycles. The first kappa shape index (κ1) is 18.2. The molecular formula is C20H24N2O4. The third-order valence-electron chi connectivity index (χ3n) is 4.08. The first-order valence-corrected chi connectivity index (χ1v) is 8.94. The van der Waals surface area contributed by atoms with Crippen molar-refractivity contribution in [3.63, 3.8) is 0 Å². The summed E-state index contributed by atoms with van der Waals surface area (Å²) < 4.78 is 16.4. The summed E-state index contributed by atoms with van der Waals surface area (Å²) in [6.45, 7) is 5.68. The molecule has 0 amide bonds. The summed E-state index contributed by atoms with van der Waals surface area (Å²) in [7, 11) is 0. The first-order valence-electron chi connectivity index (χ1n) is 8.94. The summed E-state index contributed by atoms with van der Waals surface area (Å²) in [5.41, 5.74) is 1.40. The number of pyridine rings is 1. The number of rotatable bonds is 7. The van der Waals surface area contributed by atoms with Crippen LogP contribution in [0.1, 0.15) is 29.3 Å². The van der Waals surface area contributed by atoms with Crippen molar-refractivity contribution in [3.8, 4) is 5.75 Å². The largest absolute Gasteiger partial charge is 0.494 e. The number of aromatic nitrogens is 1. The summed E-state index contributed by atoms with van der Waals surface area (Å²) in [6.07, 6.45) is 2.66. The highest BCUT2D eigenvalue weighted by Gasteiger charge is 2.20. The Balaban J connectivity index is 1.61. The van der Waals surface area contributed by atoms with Crippen molar-refractivity contribution in [2.75, 3.05) is 37.8 Å². The molecule has 1 fully saturated rings. The van der Waals surface area contributed by atoms with Crippen LogP contribution in [0, 0.1) is 0 Å². The van der Waals surface area contributed by atoms with Crippen LogP contribution in [0.5, 0.6) is 5.75 Å². The zero-order valence-electron chi connectivity index (χ0n) is 15.0. The van der Waals surface area contributed by atoms with Crippen molar-refractivity contribution in [3.05, 3.63) is 53.7 Å². The molecular weight excluding hydrogens is 332 g/mol. The van der Waals surface area contributed by atoms with Crippen LogP contribution in [0.2, 0.25) is 0 Å². The average Bonchev–Trinajstić information content (AvgIpc) is 2.72. The number of nitrogens with zero attached hydrogens (tertiary/aromatic N) is 2. The Labute approximate surface area is 153 Å². The SMILES string of the molecule is CCCOc1ccc(COC(=O)c2cccnc2N2CCOCC2)cc1. The van der Waals surface area contributed by atoms with E-state index in [0.29, 0.717) is 31.2 Å². The summed E-state index contributed by atoms with van der Waals surface area (Å²) in [6, 6.07) is 11.1. The van der Waals surface area contributed by atoms with Gasteiger partial charge in [-0.2, -0.15) is 0 Å². The molecule has 138 valence electrons. The molecule has 0 bridgehead atoms. The number of hydrogen-bond acceptors (Lipinski definition) is 6. The number of morpholine rings is 1. The van der Waals surface area contributed by atoms with Crippen molar-refractivity contribution in [2.24, 2.45) is 0 Å². The van der Waals surface area contributed by atoms with Gasteiger partial charge in [-0.1, -0.05) is 19.1 Å². The van der Waals surface area contributed by atoms with Crippen molar-refractivity contribution in [1.29, 1.82) is 0 Å². The Bertz CT molecular complexity index is 712. The molecule has 1 aliphatic heterocycles. The Morgan fingerprint density at radius 2 is 1.96 bits per heavy atom. The lowest BCUT2D eigenvalue weighted by Crippen LogP contribution is -2.37. The molecule has 6 nitrogen and oxygen atoms in total. The van der Waals surface area contributed by atoms with Crippen molar-refractivity contribution >= 4 is 11.8 Å². The van der Waals surface area contributed by atoms with E-state index in [2.05, 4.69) is 16.8 Å². The fourth-order valence-corrected chi connectivity index (χ4v) is 2.71. The van der Waals surface area contributed by atoms with Crippen molar-refractivity contribution in [1.82, 2.24) is 4.98 Å². The van der Waals surface area contributed by atoms with E-state index in [1.165, 1.54) is 0 Å². The molecule has 3 rings (SSSR count). The monoisotopic (exact) mass is 356 g/mol. The number of benzene rings is 1. The maximum absolute atomic E-state index is 12.5. The maximum atomic E-state index is 12.5. The number of hydrogen-bond donors (Lipinski definition) is 0. The van der Waals surface area contributed by atoms with Gasteiger partial charge in [-0.05, 0) is 36.2 Å². The lowest BCUT2D eigenvalue weighted by molar-refractivity contribution is 0.0472. The topological polar surface area (TPSA) is 60.9 Å². The summed E-state index contributed by atoms with van der Waals surface area (Å²) in [4.78, 5) is 19.0. The maximum Gasteiger partial charge on any atom is 0.342 e. The lowest BCUT2D eigenvalue weighted by atomic mass is 10.2. The fourth-order valence-electron chi connectivity index (χ4n) is 2.71. The van der Waals surface area contributed by atoms with Crippen LogP contribution < -0.4 is 9.64 Å². The van der Waals surface area contributed by atoms with E-state index in [0.717, 1.165) is 30.8 Å². The highest BCUT2D eigenvalue weighted by Crippen LogP contribution is 2.20. The minimum atomic E-state index is -0.370. The van der Waals surface area contributed by atoms with Gasteiger partial charge in [-0.15, -0.1) is 0 Å². The normalized spacial score (nSPS) is 14.1. The molecule has 2 heterocycles. The number of carbonyl (C=O) groups excluding carboxylic acids is 1. The van der Waals surface area contributed by atoms with Gasteiger partial charge in [0.15, 0.2) is 0 Å². The van der Waals surface area contributed by atoms with Gasteiger partial charge < -0.3 is 19.1 Å². The van der Waals surface area contributed by atoms with Gasteiger partial charge >= 0.3 is 5.97 Å². The van der Waals surface area contributed by atoms with Gasteiger partial charge in [0.2, 0.25) is 0 Å². The van der Waals surface area contributed by atoms with E-state index < -0.39 is 0 Å². The van der Waals surface area contributed by atoms with Crippen LogP contribution in [0.4, 0.5) is 5.82 Å². The van der Waals surface area contributed by atoms with Crippen LogP contribution >= 0.6 is 0 Å². The molecule has 6 heteroatoms. The van der Waals surface area contributed by atoms with Crippen LogP contribution in [0.3, 0.4) is 0 Å². The minimum absolute atomic E-state index is 0.213. The lowest BCUT2D eigenvalue weighted by Gasteiger charge is -2.28. The van der Waals surface area contributed by atoms with E-state index in [4.69, 9.17) is 14.2 Å². The molecule has 0 N–H and O–H groups in total. The van der Waals surface area contributed by atoms with Crippen LogP contribution in [0.15, 0.2) is 42.6 Å². The third-order valence-corrected chi connectivity index (χ3v) is 4.08. The second-order valence-electron chi connectivity index (χ2n) is 6.04. The second kappa shape index (κ2) is 9.20. The molecule has 0 atom stereocenters. The van der Waals surface area contributed by atoms with Gasteiger partial charge in [0, 0.05) is 19.3 Å². The standard InChI is InChI=1S/C20H24N2O4/c1-2-12-25-17-7-5-16(6-8-17)15-26-20(23)18-4-3-9-21-19(18)22-10-13-24-14-11-22/h3-9H,2,10-15H2,1H3. The Morgan fingerprint density at radius 3 is 2.69 bits per heavy atom. The average molecular weight is 356 g/mol. The molecule has 1 aromatic heterocycles. The highest BCUT2D eigenvalue weighted by atomic mass is 16.5.